The first-order valence-electron chi connectivity index (χ1n) is 5.57. The average molecular weight is 366 g/mol. The molecule has 2 atom stereocenters. The fraction of sp³-hybridized carbons (Fsp3) is 0.143. The third-order valence-electron chi connectivity index (χ3n) is 2.51. The largest absolute Gasteiger partial charge is 0.438 e. The number of rotatable bonds is 4. The summed E-state index contributed by atoms with van der Waals surface area (Å²) in [4.78, 5) is 19.3. The van der Waals surface area contributed by atoms with E-state index < -0.39 is 16.0 Å². The smallest absolute Gasteiger partial charge is 0.323 e. The number of halogens is 1. The number of H-pyrrole nitrogens is 1. The molecule has 0 aliphatic heterocycles. The number of nitrogens with zero attached hydrogens (tertiary/aromatic N) is 1. The van der Waals surface area contributed by atoms with Gasteiger partial charge in [0, 0.05) is 12.4 Å². The number of ether oxygens (including phenoxy) is 1. The zero-order valence-electron chi connectivity index (χ0n) is 9.92. The number of imidazole rings is 1. The van der Waals surface area contributed by atoms with Gasteiger partial charge in [0.15, 0.2) is 0 Å². The van der Waals surface area contributed by atoms with E-state index >= 15 is 0 Å². The summed E-state index contributed by atoms with van der Waals surface area (Å²) in [6.45, 7) is 0. The molecule has 0 saturated carbocycles. The third kappa shape index (κ3) is 3.35. The van der Waals surface area contributed by atoms with E-state index in [2.05, 4.69) is 15.9 Å². The van der Waals surface area contributed by atoms with Gasteiger partial charge in [-0.1, -0.05) is 36.3 Å². The number of nitrogens with one attached hydrogen (secondary N) is 1. The summed E-state index contributed by atoms with van der Waals surface area (Å²) in [6, 6.07) is 9.32. The number of terminal acetylenes is 1. The van der Waals surface area contributed by atoms with Gasteiger partial charge in [-0.25, -0.2) is 4.98 Å². The summed E-state index contributed by atoms with van der Waals surface area (Å²) in [5.74, 6) is 1.89. The monoisotopic (exact) mass is 366 g/mol. The summed E-state index contributed by atoms with van der Waals surface area (Å²) >= 11 is 1.88. The lowest BCUT2D eigenvalue weighted by atomic mass is 9.99. The minimum Gasteiger partial charge on any atom is -0.438 e. The Kier molecular flexibility index (Phi) is 4.58. The summed E-state index contributed by atoms with van der Waals surface area (Å²) in [5.41, 5.74) is 0.808. The fourth-order valence-electron chi connectivity index (χ4n) is 1.69. The molecule has 0 aliphatic rings. The van der Waals surface area contributed by atoms with Crippen molar-refractivity contribution in [2.75, 3.05) is 0 Å². The highest BCUT2D eigenvalue weighted by Crippen LogP contribution is 2.24. The van der Waals surface area contributed by atoms with Crippen LogP contribution >= 0.6 is 22.6 Å². The maximum Gasteiger partial charge on any atom is 0.323 e. The van der Waals surface area contributed by atoms with Crippen molar-refractivity contribution in [2.24, 2.45) is 0 Å². The van der Waals surface area contributed by atoms with E-state index in [4.69, 9.17) is 11.2 Å². The van der Waals surface area contributed by atoms with Gasteiger partial charge in [-0.05, 0) is 28.2 Å². The van der Waals surface area contributed by atoms with E-state index in [1.807, 2.05) is 52.9 Å². The maximum absolute atomic E-state index is 12.2. The Labute approximate surface area is 124 Å². The zero-order valence-corrected chi connectivity index (χ0v) is 12.1. The molecule has 1 heterocycles. The van der Waals surface area contributed by atoms with Gasteiger partial charge < -0.3 is 9.72 Å². The number of esters is 1. The summed E-state index contributed by atoms with van der Waals surface area (Å²) < 4.78 is 4.60. The van der Waals surface area contributed by atoms with E-state index in [9.17, 15) is 4.79 Å². The number of carbonyl (C=O) groups is 1. The van der Waals surface area contributed by atoms with Gasteiger partial charge in [-0.2, -0.15) is 0 Å². The maximum atomic E-state index is 12.2. The first-order chi connectivity index (χ1) is 9.22. The van der Waals surface area contributed by atoms with Crippen molar-refractivity contribution >= 4 is 28.6 Å². The predicted octanol–water partition coefficient (Wildman–Crippen LogP) is 2.48. The molecule has 2 rings (SSSR count). The summed E-state index contributed by atoms with van der Waals surface area (Å²) in [6.07, 6.45) is 8.49. The van der Waals surface area contributed by atoms with Crippen molar-refractivity contribution < 1.29 is 9.53 Å². The van der Waals surface area contributed by atoms with Crippen LogP contribution in [0.25, 0.3) is 0 Å². The van der Waals surface area contributed by atoms with Crippen LogP contribution in [0.4, 0.5) is 0 Å². The molecule has 0 saturated heterocycles. The molecule has 2 unspecified atom stereocenters. The van der Waals surface area contributed by atoms with Crippen LogP contribution < -0.4 is 0 Å². The van der Waals surface area contributed by atoms with Crippen LogP contribution in [0.1, 0.15) is 17.3 Å². The van der Waals surface area contributed by atoms with Gasteiger partial charge in [0.2, 0.25) is 4.11 Å². The molecule has 96 valence electrons. The van der Waals surface area contributed by atoms with Crippen LogP contribution in [0.5, 0.6) is 0 Å². The molecule has 19 heavy (non-hydrogen) atoms. The quantitative estimate of drug-likeness (QED) is 0.392. The lowest BCUT2D eigenvalue weighted by molar-refractivity contribution is -0.143. The molecule has 1 N–H and O–H groups in total. The minimum atomic E-state index is -0.596. The van der Waals surface area contributed by atoms with Gasteiger partial charge in [0.05, 0.1) is 0 Å². The lowest BCUT2D eigenvalue weighted by Gasteiger charge is -2.15. The van der Waals surface area contributed by atoms with Gasteiger partial charge in [0.1, 0.15) is 11.7 Å². The molecule has 0 bridgehead atoms. The number of alkyl halides is 1. The first-order valence-corrected chi connectivity index (χ1v) is 6.82. The molecule has 1 aromatic heterocycles. The Bertz CT molecular complexity index is 575. The molecule has 2 aromatic rings. The van der Waals surface area contributed by atoms with Gasteiger partial charge in [-0.3, -0.25) is 4.79 Å². The van der Waals surface area contributed by atoms with Crippen molar-refractivity contribution in [2.45, 2.75) is 10.0 Å². The normalized spacial score (nSPS) is 13.3. The molecular weight excluding hydrogens is 355 g/mol. The molecule has 0 amide bonds. The Morgan fingerprint density at radius 3 is 2.74 bits per heavy atom. The Hall–Kier alpha value is -1.81. The molecule has 0 fully saturated rings. The number of benzene rings is 1. The Balaban J connectivity index is 2.31. The Morgan fingerprint density at radius 2 is 2.16 bits per heavy atom. The van der Waals surface area contributed by atoms with Crippen molar-refractivity contribution in [3.05, 3.63) is 54.1 Å². The zero-order chi connectivity index (χ0) is 13.7. The molecule has 4 nitrogen and oxygen atoms in total. The minimum absolute atomic E-state index is 0.418. The van der Waals surface area contributed by atoms with Gasteiger partial charge >= 0.3 is 5.97 Å². The van der Waals surface area contributed by atoms with Crippen LogP contribution in [0, 0.1) is 12.3 Å². The molecule has 1 aromatic carbocycles. The van der Waals surface area contributed by atoms with Crippen LogP contribution in [0.2, 0.25) is 0 Å². The van der Waals surface area contributed by atoms with Crippen molar-refractivity contribution in [1.29, 1.82) is 0 Å². The highest BCUT2D eigenvalue weighted by molar-refractivity contribution is 14.1. The molecule has 0 spiro atoms. The lowest BCUT2D eigenvalue weighted by Crippen LogP contribution is -2.21. The van der Waals surface area contributed by atoms with Gasteiger partial charge in [0.25, 0.3) is 0 Å². The second-order valence-electron chi connectivity index (χ2n) is 3.74. The van der Waals surface area contributed by atoms with Crippen LogP contribution in [0.3, 0.4) is 0 Å². The third-order valence-corrected chi connectivity index (χ3v) is 3.13. The van der Waals surface area contributed by atoms with E-state index in [0.29, 0.717) is 5.82 Å². The molecular formula is C14H11IN2O2. The number of aromatic amines is 1. The number of carbonyl (C=O) groups excluding carboxylic acids is 1. The predicted molar refractivity (Wildman–Crippen MR) is 79.6 cm³/mol. The van der Waals surface area contributed by atoms with Crippen LogP contribution in [-0.2, 0) is 9.53 Å². The van der Waals surface area contributed by atoms with Gasteiger partial charge in [-0.15, -0.1) is 6.42 Å². The molecule has 0 aliphatic carbocycles. The Morgan fingerprint density at radius 1 is 1.42 bits per heavy atom. The van der Waals surface area contributed by atoms with Crippen molar-refractivity contribution in [1.82, 2.24) is 9.97 Å². The topological polar surface area (TPSA) is 55.0 Å². The fourth-order valence-corrected chi connectivity index (χ4v) is 1.94. The standard InChI is InChI=1S/C14H11IN2O2/c1-2-11(15)19-14(18)12(13-16-8-9-17-13)10-6-4-3-5-7-10/h1,3-9,11-12H,(H,16,17). The second kappa shape index (κ2) is 6.38. The summed E-state index contributed by atoms with van der Waals surface area (Å²) in [7, 11) is 0. The highest BCUT2D eigenvalue weighted by Gasteiger charge is 2.27. The second-order valence-corrected chi connectivity index (χ2v) is 4.87. The van der Waals surface area contributed by atoms with E-state index in [-0.39, 0.29) is 0 Å². The molecule has 0 radical (unpaired) electrons. The first kappa shape index (κ1) is 13.6. The summed E-state index contributed by atoms with van der Waals surface area (Å²) in [5, 5.41) is 0. The van der Waals surface area contributed by atoms with E-state index in [1.54, 1.807) is 12.4 Å². The van der Waals surface area contributed by atoms with Crippen molar-refractivity contribution in [3.63, 3.8) is 0 Å². The average Bonchev–Trinajstić information content (AvgIpc) is 2.94. The van der Waals surface area contributed by atoms with E-state index in [0.717, 1.165) is 5.56 Å². The van der Waals surface area contributed by atoms with Crippen LogP contribution in [0.15, 0.2) is 42.7 Å². The van der Waals surface area contributed by atoms with Crippen LogP contribution in [-0.4, -0.2) is 20.0 Å². The molecule has 5 heteroatoms. The SMILES string of the molecule is C#CC(I)OC(=O)C(c1ccccc1)c1ncc[nH]1. The number of aromatic nitrogens is 2. The van der Waals surface area contributed by atoms with Crippen molar-refractivity contribution in [3.8, 4) is 12.3 Å². The highest BCUT2D eigenvalue weighted by atomic mass is 127. The number of hydrogen-bond donors (Lipinski definition) is 1. The van der Waals surface area contributed by atoms with E-state index in [1.165, 1.54) is 0 Å². The number of hydrogen-bond acceptors (Lipinski definition) is 3.